The first-order valence-corrected chi connectivity index (χ1v) is 8.24. The number of ether oxygens (including phenoxy) is 2. The zero-order chi connectivity index (χ0) is 17.6. The average Bonchev–Trinajstić information content (AvgIpc) is 2.65. The number of nitrogens with one attached hydrogen (secondary N) is 2. The second-order valence-electron chi connectivity index (χ2n) is 5.78. The van der Waals surface area contributed by atoms with Gasteiger partial charge in [0.25, 0.3) is 5.91 Å². The molecule has 26 heavy (non-hydrogen) atoms. The number of amides is 1. The summed E-state index contributed by atoms with van der Waals surface area (Å²) in [6.07, 6.45) is 0.613. The van der Waals surface area contributed by atoms with E-state index < -0.39 is 5.91 Å². The summed E-state index contributed by atoms with van der Waals surface area (Å²) in [5, 5.41) is 5.87. The van der Waals surface area contributed by atoms with Gasteiger partial charge in [-0.25, -0.2) is 4.39 Å². The van der Waals surface area contributed by atoms with Gasteiger partial charge in [0, 0.05) is 13.7 Å². The topological polar surface area (TPSA) is 59.6 Å². The number of para-hydroxylation sites is 1. The molecule has 0 aliphatic carbocycles. The van der Waals surface area contributed by atoms with E-state index in [2.05, 4.69) is 10.6 Å². The number of methoxy groups -OCH3 is 1. The van der Waals surface area contributed by atoms with Gasteiger partial charge in [-0.15, -0.1) is 12.4 Å². The Labute approximate surface area is 158 Å². The van der Waals surface area contributed by atoms with E-state index in [0.29, 0.717) is 43.1 Å². The molecule has 2 aromatic rings. The van der Waals surface area contributed by atoms with Crippen LogP contribution in [-0.4, -0.2) is 32.8 Å². The van der Waals surface area contributed by atoms with Crippen LogP contribution in [0, 0.1) is 5.82 Å². The molecule has 0 bridgehead atoms. The normalized spacial score (nSPS) is 12.7. The van der Waals surface area contributed by atoms with Gasteiger partial charge in [0.2, 0.25) is 0 Å². The van der Waals surface area contributed by atoms with E-state index in [0.717, 1.165) is 12.1 Å². The van der Waals surface area contributed by atoms with Gasteiger partial charge in [-0.05, 0) is 42.3 Å². The maximum absolute atomic E-state index is 14.7. The van der Waals surface area contributed by atoms with Crippen LogP contribution in [0.25, 0.3) is 0 Å². The molecule has 2 N–H and O–H groups in total. The van der Waals surface area contributed by atoms with Crippen LogP contribution in [0.1, 0.15) is 21.5 Å². The lowest BCUT2D eigenvalue weighted by molar-refractivity contribution is 0.101. The van der Waals surface area contributed by atoms with Crippen molar-refractivity contribution in [3.63, 3.8) is 0 Å². The Morgan fingerprint density at radius 2 is 2.04 bits per heavy atom. The Kier molecular flexibility index (Phi) is 7.38. The number of benzene rings is 2. The molecule has 140 valence electrons. The third kappa shape index (κ3) is 4.52. The predicted octanol–water partition coefficient (Wildman–Crippen LogP) is 3.17. The quantitative estimate of drug-likeness (QED) is 0.756. The summed E-state index contributed by atoms with van der Waals surface area (Å²) in [4.78, 5) is 12.6. The molecule has 0 unspecified atom stereocenters. The first kappa shape index (κ1) is 20.2. The van der Waals surface area contributed by atoms with E-state index in [1.54, 1.807) is 37.4 Å². The predicted molar refractivity (Wildman–Crippen MR) is 101 cm³/mol. The summed E-state index contributed by atoms with van der Waals surface area (Å²) >= 11 is 0. The van der Waals surface area contributed by atoms with Gasteiger partial charge < -0.3 is 20.1 Å². The number of rotatable bonds is 6. The number of carbonyl (C=O) groups is 1. The summed E-state index contributed by atoms with van der Waals surface area (Å²) in [6.45, 7) is 2.14. The second kappa shape index (κ2) is 9.52. The van der Waals surface area contributed by atoms with Crippen LogP contribution in [0.2, 0.25) is 0 Å². The van der Waals surface area contributed by atoms with Crippen molar-refractivity contribution in [2.45, 2.75) is 13.0 Å². The highest BCUT2D eigenvalue weighted by atomic mass is 35.5. The van der Waals surface area contributed by atoms with Crippen LogP contribution >= 0.6 is 12.4 Å². The van der Waals surface area contributed by atoms with Crippen LogP contribution in [0.5, 0.6) is 5.75 Å². The number of hydrogen-bond donors (Lipinski definition) is 2. The molecule has 0 saturated carbocycles. The highest BCUT2D eigenvalue weighted by Gasteiger charge is 2.19. The fourth-order valence-corrected chi connectivity index (χ4v) is 2.83. The molecule has 3 rings (SSSR count). The molecular weight excluding hydrogens is 359 g/mol. The molecule has 0 spiro atoms. The summed E-state index contributed by atoms with van der Waals surface area (Å²) in [5.74, 6) is -0.314. The lowest BCUT2D eigenvalue weighted by atomic mass is 9.99. The Balaban J connectivity index is 0.00000243. The first-order valence-electron chi connectivity index (χ1n) is 8.24. The molecule has 0 radical (unpaired) electrons. The molecule has 0 atom stereocenters. The van der Waals surface area contributed by atoms with E-state index in [9.17, 15) is 9.18 Å². The number of anilines is 1. The summed E-state index contributed by atoms with van der Waals surface area (Å²) in [7, 11) is 1.58. The minimum atomic E-state index is -0.402. The van der Waals surface area contributed by atoms with Crippen molar-refractivity contribution >= 4 is 24.0 Å². The van der Waals surface area contributed by atoms with E-state index in [-0.39, 0.29) is 23.9 Å². The van der Waals surface area contributed by atoms with Crippen LogP contribution in [0.15, 0.2) is 36.4 Å². The second-order valence-corrected chi connectivity index (χ2v) is 5.78. The Hall–Kier alpha value is -2.15. The van der Waals surface area contributed by atoms with Crippen molar-refractivity contribution in [2.24, 2.45) is 0 Å². The summed E-state index contributed by atoms with van der Waals surface area (Å²) in [5.41, 5.74) is 2.15. The zero-order valence-electron chi connectivity index (χ0n) is 14.5. The molecule has 0 fully saturated rings. The van der Waals surface area contributed by atoms with Crippen LogP contribution in [-0.2, 0) is 17.7 Å². The highest BCUT2D eigenvalue weighted by molar-refractivity contribution is 6.06. The first-order chi connectivity index (χ1) is 12.2. The number of carbonyl (C=O) groups excluding carboxylic acids is 1. The molecule has 0 saturated heterocycles. The van der Waals surface area contributed by atoms with Crippen molar-refractivity contribution in [2.75, 3.05) is 32.2 Å². The molecule has 7 heteroatoms. The van der Waals surface area contributed by atoms with Crippen molar-refractivity contribution in [3.05, 3.63) is 58.9 Å². The van der Waals surface area contributed by atoms with Crippen molar-refractivity contribution in [1.82, 2.24) is 5.32 Å². The summed E-state index contributed by atoms with van der Waals surface area (Å²) < 4.78 is 25.2. The zero-order valence-corrected chi connectivity index (χ0v) is 15.3. The van der Waals surface area contributed by atoms with Gasteiger partial charge in [0.1, 0.15) is 18.2 Å². The van der Waals surface area contributed by atoms with E-state index >= 15 is 0 Å². The fourth-order valence-electron chi connectivity index (χ4n) is 2.83. The molecule has 1 aliphatic rings. The lowest BCUT2D eigenvalue weighted by Crippen LogP contribution is -2.25. The van der Waals surface area contributed by atoms with Crippen molar-refractivity contribution in [1.29, 1.82) is 0 Å². The van der Waals surface area contributed by atoms with Crippen LogP contribution < -0.4 is 15.4 Å². The average molecular weight is 381 g/mol. The molecule has 0 aromatic heterocycles. The Bertz CT molecular complexity index is 770. The van der Waals surface area contributed by atoms with Crippen molar-refractivity contribution < 1.29 is 18.7 Å². The maximum atomic E-state index is 14.7. The van der Waals surface area contributed by atoms with Gasteiger partial charge in [-0.3, -0.25) is 4.79 Å². The lowest BCUT2D eigenvalue weighted by Gasteiger charge is -2.19. The van der Waals surface area contributed by atoms with Crippen molar-refractivity contribution in [3.8, 4) is 5.75 Å². The van der Waals surface area contributed by atoms with Gasteiger partial charge in [0.05, 0.1) is 17.9 Å². The van der Waals surface area contributed by atoms with Gasteiger partial charge in [0.15, 0.2) is 0 Å². The van der Waals surface area contributed by atoms with E-state index in [1.807, 2.05) is 6.07 Å². The number of fused-ring (bicyclic) bond motifs is 1. The third-order valence-electron chi connectivity index (χ3n) is 4.13. The number of halogens is 2. The van der Waals surface area contributed by atoms with Crippen LogP contribution in [0.3, 0.4) is 0 Å². The van der Waals surface area contributed by atoms with Gasteiger partial charge >= 0.3 is 0 Å². The number of hydrogen-bond acceptors (Lipinski definition) is 4. The molecule has 1 heterocycles. The monoisotopic (exact) mass is 380 g/mol. The highest BCUT2D eigenvalue weighted by Crippen LogP contribution is 2.26. The maximum Gasteiger partial charge on any atom is 0.259 e. The standard InChI is InChI=1S/C19H21FN2O3.ClH/c1-24-10-11-25-17-5-3-2-4-15(17)19(23)22-16-7-6-13-12-21-9-8-14(13)18(16)20;/h2-7,21H,8-12H2,1H3,(H,22,23);1H. The SMILES string of the molecule is COCCOc1ccccc1C(=O)Nc1ccc2c(c1F)CCNC2.Cl. The Morgan fingerprint density at radius 1 is 1.23 bits per heavy atom. The minimum absolute atomic E-state index is 0. The smallest absolute Gasteiger partial charge is 0.259 e. The van der Waals surface area contributed by atoms with E-state index in [1.165, 1.54) is 0 Å². The molecule has 1 aliphatic heterocycles. The van der Waals surface area contributed by atoms with Gasteiger partial charge in [-0.2, -0.15) is 0 Å². The van der Waals surface area contributed by atoms with Crippen LogP contribution in [0.4, 0.5) is 10.1 Å². The Morgan fingerprint density at radius 3 is 2.85 bits per heavy atom. The molecule has 2 aromatic carbocycles. The minimum Gasteiger partial charge on any atom is -0.490 e. The van der Waals surface area contributed by atoms with E-state index in [4.69, 9.17) is 9.47 Å². The third-order valence-corrected chi connectivity index (χ3v) is 4.13. The molecule has 5 nitrogen and oxygen atoms in total. The fraction of sp³-hybridized carbons (Fsp3) is 0.316. The molecular formula is C19H22ClFN2O3. The summed E-state index contributed by atoms with van der Waals surface area (Å²) in [6, 6.07) is 10.3. The molecule has 1 amide bonds. The largest absolute Gasteiger partial charge is 0.490 e. The van der Waals surface area contributed by atoms with Gasteiger partial charge in [-0.1, -0.05) is 18.2 Å².